The molecule has 0 unspecified atom stereocenters. The largest absolute Gasteiger partial charge is 0.383 e. The SMILES string of the molecule is COCCN1C(=NNC(=O)C(=O)[C@@H](NC(=O)C2CCCCCC2)C2CCOCC2)SC[C@@H]1C. The van der Waals surface area contributed by atoms with Crippen LogP contribution < -0.4 is 10.7 Å². The lowest BCUT2D eigenvalue weighted by Crippen LogP contribution is -2.53. The van der Waals surface area contributed by atoms with Crippen molar-refractivity contribution in [2.75, 3.05) is 39.2 Å². The van der Waals surface area contributed by atoms with Crippen molar-refractivity contribution in [1.29, 1.82) is 0 Å². The second-order valence-electron chi connectivity index (χ2n) is 9.17. The van der Waals surface area contributed by atoms with Gasteiger partial charge < -0.3 is 19.7 Å². The highest BCUT2D eigenvalue weighted by molar-refractivity contribution is 8.14. The maximum Gasteiger partial charge on any atom is 0.309 e. The molecule has 1 saturated carbocycles. The van der Waals surface area contributed by atoms with E-state index >= 15 is 0 Å². The summed E-state index contributed by atoms with van der Waals surface area (Å²) in [5, 5.41) is 7.85. The molecule has 186 valence electrons. The Balaban J connectivity index is 1.65. The molecule has 3 rings (SSSR count). The van der Waals surface area contributed by atoms with Crippen molar-refractivity contribution in [3.63, 3.8) is 0 Å². The summed E-state index contributed by atoms with van der Waals surface area (Å²) in [4.78, 5) is 41.0. The Morgan fingerprint density at radius 1 is 1.15 bits per heavy atom. The Morgan fingerprint density at radius 2 is 1.85 bits per heavy atom. The van der Waals surface area contributed by atoms with Gasteiger partial charge in [0.05, 0.1) is 6.61 Å². The fourth-order valence-electron chi connectivity index (χ4n) is 4.71. The Bertz CT molecular complexity index is 705. The molecule has 9 nitrogen and oxygen atoms in total. The molecule has 2 aliphatic heterocycles. The summed E-state index contributed by atoms with van der Waals surface area (Å²) in [7, 11) is 1.64. The third-order valence-corrected chi connectivity index (χ3v) is 8.02. The Labute approximate surface area is 200 Å². The number of rotatable bonds is 9. The van der Waals surface area contributed by atoms with Crippen LogP contribution >= 0.6 is 11.8 Å². The van der Waals surface area contributed by atoms with Gasteiger partial charge in [0.25, 0.3) is 0 Å². The molecule has 0 bridgehead atoms. The second-order valence-corrected chi connectivity index (χ2v) is 10.2. The predicted molar refractivity (Wildman–Crippen MR) is 128 cm³/mol. The van der Waals surface area contributed by atoms with Gasteiger partial charge >= 0.3 is 5.91 Å². The van der Waals surface area contributed by atoms with E-state index in [-0.39, 0.29) is 23.8 Å². The lowest BCUT2D eigenvalue weighted by Gasteiger charge is -2.30. The number of carbonyl (C=O) groups is 3. The van der Waals surface area contributed by atoms with Crippen LogP contribution in [-0.4, -0.2) is 79.0 Å². The highest BCUT2D eigenvalue weighted by Gasteiger charge is 2.36. The first kappa shape index (κ1) is 26.0. The van der Waals surface area contributed by atoms with Crippen LogP contribution in [0.5, 0.6) is 0 Å². The first-order chi connectivity index (χ1) is 16.0. The number of hydrogen-bond acceptors (Lipinski definition) is 7. The number of methoxy groups -OCH3 is 1. The van der Waals surface area contributed by atoms with E-state index in [4.69, 9.17) is 9.47 Å². The molecule has 0 radical (unpaired) electrons. The van der Waals surface area contributed by atoms with Crippen LogP contribution in [0.15, 0.2) is 5.10 Å². The molecule has 0 aromatic heterocycles. The fraction of sp³-hybridized carbons (Fsp3) is 0.826. The highest BCUT2D eigenvalue weighted by Crippen LogP contribution is 2.26. The van der Waals surface area contributed by atoms with Crippen LogP contribution in [0, 0.1) is 11.8 Å². The summed E-state index contributed by atoms with van der Waals surface area (Å²) in [6.07, 6.45) is 7.31. The Hall–Kier alpha value is -1.65. The zero-order chi connectivity index (χ0) is 23.6. The van der Waals surface area contributed by atoms with E-state index in [2.05, 4.69) is 27.7 Å². The summed E-state index contributed by atoms with van der Waals surface area (Å²) in [5.74, 6) is -0.865. The van der Waals surface area contributed by atoms with Gasteiger partial charge in [-0.2, -0.15) is 0 Å². The Kier molecular flexibility index (Phi) is 10.5. The highest BCUT2D eigenvalue weighted by atomic mass is 32.2. The summed E-state index contributed by atoms with van der Waals surface area (Å²) in [6, 6.07) is -0.574. The van der Waals surface area contributed by atoms with Crippen molar-refractivity contribution in [1.82, 2.24) is 15.6 Å². The maximum atomic E-state index is 13.2. The molecule has 0 aromatic rings. The molecule has 2 saturated heterocycles. The van der Waals surface area contributed by atoms with Crippen molar-refractivity contribution in [2.24, 2.45) is 16.9 Å². The van der Waals surface area contributed by atoms with E-state index in [1.54, 1.807) is 7.11 Å². The second kappa shape index (κ2) is 13.3. The quantitative estimate of drug-likeness (QED) is 0.293. The molecular weight excluding hydrogens is 444 g/mol. The molecule has 3 fully saturated rings. The van der Waals surface area contributed by atoms with Gasteiger partial charge in [0.2, 0.25) is 11.7 Å². The van der Waals surface area contributed by atoms with Crippen molar-refractivity contribution >= 4 is 34.5 Å². The number of ether oxygens (including phenoxy) is 2. The molecular formula is C23H38N4O5S. The van der Waals surface area contributed by atoms with Gasteiger partial charge in [-0.1, -0.05) is 37.4 Å². The van der Waals surface area contributed by atoms with Gasteiger partial charge in [0, 0.05) is 44.6 Å². The summed E-state index contributed by atoms with van der Waals surface area (Å²) < 4.78 is 10.6. The molecule has 2 amide bonds. The number of amides is 2. The number of carbonyl (C=O) groups excluding carboxylic acids is 3. The van der Waals surface area contributed by atoms with Gasteiger partial charge in [-0.25, -0.2) is 5.43 Å². The number of thioether (sulfide) groups is 1. The van der Waals surface area contributed by atoms with Crippen molar-refractivity contribution in [2.45, 2.75) is 70.4 Å². The summed E-state index contributed by atoms with van der Waals surface area (Å²) in [6.45, 7) is 4.36. The van der Waals surface area contributed by atoms with Crippen molar-refractivity contribution in [3.8, 4) is 0 Å². The molecule has 33 heavy (non-hydrogen) atoms. The molecule has 1 aliphatic carbocycles. The molecule has 3 aliphatic rings. The van der Waals surface area contributed by atoms with E-state index in [1.165, 1.54) is 11.8 Å². The average Bonchev–Trinajstić information content (AvgIpc) is 3.01. The number of Topliss-reactive ketones (excluding diaryl/α,β-unsaturated/α-hetero) is 1. The first-order valence-corrected chi connectivity index (χ1v) is 13.2. The monoisotopic (exact) mass is 482 g/mol. The number of ketones is 1. The minimum absolute atomic E-state index is 0.0864. The lowest BCUT2D eigenvalue weighted by atomic mass is 9.87. The normalized spacial score (nSPS) is 25.0. The number of amidine groups is 1. The number of nitrogens with zero attached hydrogens (tertiary/aromatic N) is 2. The van der Waals surface area contributed by atoms with Crippen LogP contribution in [0.25, 0.3) is 0 Å². The molecule has 0 aromatic carbocycles. The van der Waals surface area contributed by atoms with E-state index in [9.17, 15) is 14.4 Å². The minimum Gasteiger partial charge on any atom is -0.383 e. The van der Waals surface area contributed by atoms with Crippen molar-refractivity contribution in [3.05, 3.63) is 0 Å². The van der Waals surface area contributed by atoms with Gasteiger partial charge in [0.15, 0.2) is 5.17 Å². The van der Waals surface area contributed by atoms with Crippen LogP contribution in [0.2, 0.25) is 0 Å². The van der Waals surface area contributed by atoms with E-state index in [0.717, 1.165) is 44.3 Å². The van der Waals surface area contributed by atoms with Gasteiger partial charge in [0.1, 0.15) is 6.04 Å². The van der Waals surface area contributed by atoms with Gasteiger partial charge in [-0.05, 0) is 38.5 Å². The van der Waals surface area contributed by atoms with Crippen LogP contribution in [0.1, 0.15) is 58.3 Å². The third-order valence-electron chi connectivity index (χ3n) is 6.79. The van der Waals surface area contributed by atoms with Crippen LogP contribution in [0.3, 0.4) is 0 Å². The smallest absolute Gasteiger partial charge is 0.309 e. The van der Waals surface area contributed by atoms with Crippen molar-refractivity contribution < 1.29 is 23.9 Å². The van der Waals surface area contributed by atoms with E-state index < -0.39 is 17.7 Å². The fourth-order valence-corrected chi connectivity index (χ4v) is 5.83. The first-order valence-electron chi connectivity index (χ1n) is 12.2. The van der Waals surface area contributed by atoms with E-state index in [1.807, 2.05) is 0 Å². The van der Waals surface area contributed by atoms with Gasteiger partial charge in [-0.15, -0.1) is 5.10 Å². The summed E-state index contributed by atoms with van der Waals surface area (Å²) >= 11 is 1.54. The number of hydrazone groups is 1. The predicted octanol–water partition coefficient (Wildman–Crippen LogP) is 1.91. The zero-order valence-corrected chi connectivity index (χ0v) is 20.7. The average molecular weight is 483 g/mol. The topological polar surface area (TPSA) is 109 Å². The summed E-state index contributed by atoms with van der Waals surface area (Å²) in [5.41, 5.74) is 2.45. The van der Waals surface area contributed by atoms with Gasteiger partial charge in [-0.3, -0.25) is 14.4 Å². The molecule has 10 heteroatoms. The number of hydrogen-bond donors (Lipinski definition) is 2. The standard InChI is InChI=1S/C23H38N4O5S/c1-16-15-33-23(27(16)11-14-31-2)26-25-22(30)20(28)19(17-9-12-32-13-10-17)24-21(29)18-7-5-3-4-6-8-18/h16-19H,3-15H2,1-2H3,(H,24,29)(H,25,30)/t16-,19-/m0/s1. The third kappa shape index (κ3) is 7.42. The molecule has 0 spiro atoms. The zero-order valence-electron chi connectivity index (χ0n) is 19.8. The molecule has 2 N–H and O–H groups in total. The van der Waals surface area contributed by atoms with Crippen LogP contribution in [0.4, 0.5) is 0 Å². The Morgan fingerprint density at radius 3 is 2.52 bits per heavy atom. The lowest BCUT2D eigenvalue weighted by molar-refractivity contribution is -0.142. The molecule has 2 atom stereocenters. The maximum absolute atomic E-state index is 13.2. The van der Waals surface area contributed by atoms with E-state index in [0.29, 0.717) is 44.4 Å². The minimum atomic E-state index is -0.843. The molecule has 2 heterocycles. The van der Waals surface area contributed by atoms with Crippen LogP contribution in [-0.2, 0) is 23.9 Å². The number of nitrogens with one attached hydrogen (secondary N) is 2.